The summed E-state index contributed by atoms with van der Waals surface area (Å²) < 4.78 is 0. The zero-order chi connectivity index (χ0) is 4.71. The smallest absolute Gasteiger partial charge is 0 e. The van der Waals surface area contributed by atoms with Crippen molar-refractivity contribution in [3.63, 3.8) is 0 Å². The number of nitrogens with zero attached hydrogens (tertiary/aromatic N) is 2. The molecule has 0 aromatic carbocycles. The molecule has 0 amide bonds. The summed E-state index contributed by atoms with van der Waals surface area (Å²) in [6.07, 6.45) is 0. The first-order valence-corrected chi connectivity index (χ1v) is 0.589. The molecule has 0 aliphatic carbocycles. The van der Waals surface area contributed by atoms with Crippen LogP contribution in [0.2, 0.25) is 0 Å². The molecule has 0 atom stereocenters. The Hall–Kier alpha value is -0.591. The molecule has 0 saturated heterocycles. The van der Waals surface area contributed by atoms with Gasteiger partial charge in [0.25, 0.3) is 0 Å². The van der Waals surface area contributed by atoms with E-state index in [1.54, 1.807) is 0 Å². The van der Waals surface area contributed by atoms with Crippen LogP contribution >= 0.6 is 0 Å². The molecule has 0 aliphatic rings. The normalized spacial score (nSPS) is 2.33. The van der Waals surface area contributed by atoms with Crippen LogP contribution in [0, 0.1) is 21.9 Å². The van der Waals surface area contributed by atoms with Crippen molar-refractivity contribution in [2.75, 3.05) is 0 Å². The van der Waals surface area contributed by atoms with Crippen molar-refractivity contribution in [2.24, 2.45) is 5.34 Å². The van der Waals surface area contributed by atoms with E-state index in [0.29, 0.717) is 0 Å². The quantitative estimate of drug-likeness (QED) is 0.204. The summed E-state index contributed by atoms with van der Waals surface area (Å²) in [7, 11) is 0. The van der Waals surface area contributed by atoms with Crippen molar-refractivity contribution >= 4 is 0 Å². The molecule has 0 N–H and O–H groups in total. The minimum absolute atomic E-state index is 0. The fraction of sp³-hybridized carbons (Fsp3) is 0. The topological polar surface area (TPSA) is 76.3 Å². The average Bonchev–Trinajstić information content (AvgIpc) is 1.46. The largest absolute Gasteiger partial charge is 0.512 e. The van der Waals surface area contributed by atoms with Crippen molar-refractivity contribution in [1.82, 2.24) is 0 Å². The molecule has 0 rings (SSSR count). The van der Waals surface area contributed by atoms with E-state index in [2.05, 4.69) is 0 Å². The maximum Gasteiger partial charge on any atom is 0 e. The third-order valence-electron chi connectivity index (χ3n) is 0. The molecule has 0 aromatic heterocycles. The molecule has 5 heteroatoms. The molecule has 0 aliphatic heterocycles. The first kappa shape index (κ1) is 18.1. The SMILES string of the molecule is O=N[O-].[C-]#N.[Fe]. The fourth-order valence-electron chi connectivity index (χ4n) is 0. The van der Waals surface area contributed by atoms with Gasteiger partial charge in [-0.15, -0.1) is 5.34 Å². The summed E-state index contributed by atoms with van der Waals surface area (Å²) in [6.45, 7) is 4.75. The molecule has 6 heavy (non-hydrogen) atoms. The van der Waals surface area contributed by atoms with Crippen molar-refractivity contribution in [2.45, 2.75) is 0 Å². The summed E-state index contributed by atoms with van der Waals surface area (Å²) in [4.78, 5) is 8.00. The maximum atomic E-state index is 8.00. The summed E-state index contributed by atoms with van der Waals surface area (Å²) >= 11 is 0. The molecular weight excluding hydrogens is 128 g/mol. The minimum Gasteiger partial charge on any atom is -0.512 e. The van der Waals surface area contributed by atoms with Gasteiger partial charge in [-0.3, -0.25) is 0 Å². The van der Waals surface area contributed by atoms with E-state index in [0.717, 1.165) is 5.34 Å². The van der Waals surface area contributed by atoms with Gasteiger partial charge in [0.1, 0.15) is 0 Å². The molecule has 0 bridgehead atoms. The van der Waals surface area contributed by atoms with E-state index < -0.39 is 0 Å². The third-order valence-corrected chi connectivity index (χ3v) is 0. The van der Waals surface area contributed by atoms with Crippen molar-refractivity contribution in [1.29, 1.82) is 5.26 Å². The van der Waals surface area contributed by atoms with Crippen LogP contribution in [0.15, 0.2) is 5.34 Å². The molecule has 0 saturated carbocycles. The van der Waals surface area contributed by atoms with Crippen LogP contribution in [-0.2, 0) is 17.1 Å². The standard InChI is InChI=1S/CN.Fe.HNO2/c1-2;;2-1-3/h;;(H,2,3)/q-1;;/p-1. The average molecular weight is 128 g/mol. The number of hydrogen-bond acceptors (Lipinski definition) is 4. The molecule has 0 spiro atoms. The fourth-order valence-corrected chi connectivity index (χ4v) is 0. The number of hydrogen-bond donors (Lipinski definition) is 0. The number of rotatable bonds is 0. The second-order valence-corrected chi connectivity index (χ2v) is 0.0745. The van der Waals surface area contributed by atoms with Gasteiger partial charge in [0, 0.05) is 17.1 Å². The van der Waals surface area contributed by atoms with Gasteiger partial charge in [0.2, 0.25) is 0 Å². The van der Waals surface area contributed by atoms with Crippen LogP contribution in [-0.4, -0.2) is 0 Å². The van der Waals surface area contributed by atoms with Gasteiger partial charge in [-0.05, 0) is 0 Å². The van der Waals surface area contributed by atoms with Crippen LogP contribution in [0.4, 0.5) is 0 Å². The molecule has 36 valence electrons. The van der Waals surface area contributed by atoms with Crippen LogP contribution in [0.25, 0.3) is 0 Å². The third kappa shape index (κ3) is 56.8. The van der Waals surface area contributed by atoms with E-state index >= 15 is 0 Å². The second kappa shape index (κ2) is 306. The summed E-state index contributed by atoms with van der Waals surface area (Å²) in [5.41, 5.74) is 0. The first-order chi connectivity index (χ1) is 2.41. The van der Waals surface area contributed by atoms with Gasteiger partial charge < -0.3 is 21.9 Å². The molecule has 0 radical (unpaired) electrons. The Morgan fingerprint density at radius 3 is 1.67 bits per heavy atom. The zero-order valence-corrected chi connectivity index (χ0v) is 3.67. The minimum atomic E-state index is 0. The first-order valence-electron chi connectivity index (χ1n) is 0.589. The van der Waals surface area contributed by atoms with Gasteiger partial charge in [-0.25, -0.2) is 0 Å². The molecule has 0 fully saturated rings. The van der Waals surface area contributed by atoms with E-state index in [1.807, 2.05) is 0 Å². The Kier molecular flexibility index (Phi) is 923. The molecule has 4 nitrogen and oxygen atoms in total. The van der Waals surface area contributed by atoms with Crippen LogP contribution < -0.4 is 0 Å². The Morgan fingerprint density at radius 2 is 1.67 bits per heavy atom. The predicted molar refractivity (Wildman–Crippen MR) is 14.1 cm³/mol. The van der Waals surface area contributed by atoms with Gasteiger partial charge in [0.15, 0.2) is 0 Å². The van der Waals surface area contributed by atoms with Crippen molar-refractivity contribution < 1.29 is 17.1 Å². The van der Waals surface area contributed by atoms with Gasteiger partial charge in [-0.2, -0.15) is 0 Å². The van der Waals surface area contributed by atoms with Crippen molar-refractivity contribution in [3.05, 3.63) is 16.7 Å². The van der Waals surface area contributed by atoms with Crippen LogP contribution in [0.3, 0.4) is 0 Å². The van der Waals surface area contributed by atoms with E-state index in [4.69, 9.17) is 21.9 Å². The second-order valence-electron chi connectivity index (χ2n) is 0.0745. The summed E-state index contributed by atoms with van der Waals surface area (Å²) in [6, 6.07) is 0. The van der Waals surface area contributed by atoms with E-state index in [1.165, 1.54) is 0 Å². The molecule has 0 unspecified atom stereocenters. The van der Waals surface area contributed by atoms with Gasteiger partial charge in [-0.1, -0.05) is 0 Å². The molecule has 0 heterocycles. The van der Waals surface area contributed by atoms with E-state index in [9.17, 15) is 0 Å². The van der Waals surface area contributed by atoms with E-state index in [-0.39, 0.29) is 17.1 Å². The Balaban J connectivity index is -0.0000000275. The predicted octanol–water partition coefficient (Wildman–Crippen LogP) is 0.344. The summed E-state index contributed by atoms with van der Waals surface area (Å²) in [5.74, 6) is 0. The Bertz CT molecular complexity index is 35.8. The monoisotopic (exact) mass is 128 g/mol. The zero-order valence-electron chi connectivity index (χ0n) is 2.56. The summed E-state index contributed by atoms with van der Waals surface area (Å²) in [5, 5.41) is 15.2. The Morgan fingerprint density at radius 1 is 1.67 bits per heavy atom. The Labute approximate surface area is 45.2 Å². The molecule has 0 aromatic rings. The molecular formula is CFeN2O2-2. The maximum absolute atomic E-state index is 8.00. The van der Waals surface area contributed by atoms with Crippen molar-refractivity contribution in [3.8, 4) is 0 Å². The van der Waals surface area contributed by atoms with Crippen LogP contribution in [0.1, 0.15) is 0 Å². The van der Waals surface area contributed by atoms with Gasteiger partial charge in [0.05, 0.1) is 0 Å². The van der Waals surface area contributed by atoms with Crippen LogP contribution in [0.5, 0.6) is 0 Å². The van der Waals surface area contributed by atoms with Gasteiger partial charge >= 0.3 is 0 Å².